The van der Waals surface area contributed by atoms with Crippen molar-refractivity contribution < 1.29 is 9.53 Å². The van der Waals surface area contributed by atoms with Crippen LogP contribution in [0.1, 0.15) is 18.4 Å². The lowest BCUT2D eigenvalue weighted by Crippen LogP contribution is -2.31. The maximum Gasteiger partial charge on any atom is 0.330 e. The Balaban J connectivity index is 1.87. The number of rotatable bonds is 4. The summed E-state index contributed by atoms with van der Waals surface area (Å²) in [6, 6.07) is 0. The molecule has 0 spiro atoms. The minimum absolute atomic E-state index is 0.344. The van der Waals surface area contributed by atoms with Gasteiger partial charge >= 0.3 is 5.97 Å². The SMILES string of the molecule is COC(=O)/C=C/c1cnn(CC2CCN(C)CC2)c1. The summed E-state index contributed by atoms with van der Waals surface area (Å²) >= 11 is 0. The van der Waals surface area contributed by atoms with Gasteiger partial charge in [0.15, 0.2) is 0 Å². The topological polar surface area (TPSA) is 47.4 Å². The number of ether oxygens (including phenoxy) is 1. The quantitative estimate of drug-likeness (QED) is 0.609. The third kappa shape index (κ3) is 4.21. The van der Waals surface area contributed by atoms with E-state index in [1.807, 2.05) is 10.9 Å². The largest absolute Gasteiger partial charge is 0.466 e. The van der Waals surface area contributed by atoms with Crippen LogP contribution in [0.5, 0.6) is 0 Å². The molecule has 5 nitrogen and oxygen atoms in total. The molecule has 1 aromatic rings. The second-order valence-corrected chi connectivity index (χ2v) is 5.10. The van der Waals surface area contributed by atoms with Crippen molar-refractivity contribution in [1.82, 2.24) is 14.7 Å². The van der Waals surface area contributed by atoms with Crippen LogP contribution >= 0.6 is 0 Å². The Morgan fingerprint density at radius 1 is 1.53 bits per heavy atom. The number of carbonyl (C=O) groups is 1. The molecule has 0 atom stereocenters. The fraction of sp³-hybridized carbons (Fsp3) is 0.571. The fourth-order valence-corrected chi connectivity index (χ4v) is 2.31. The van der Waals surface area contributed by atoms with E-state index >= 15 is 0 Å². The Bertz CT molecular complexity index is 445. The minimum Gasteiger partial charge on any atom is -0.466 e. The van der Waals surface area contributed by atoms with Crippen molar-refractivity contribution in [3.05, 3.63) is 24.0 Å². The van der Waals surface area contributed by atoms with Crippen LogP contribution in [-0.2, 0) is 16.1 Å². The first-order chi connectivity index (χ1) is 9.17. The number of nitrogens with zero attached hydrogens (tertiary/aromatic N) is 3. The van der Waals surface area contributed by atoms with Crippen molar-refractivity contribution >= 4 is 12.0 Å². The maximum atomic E-state index is 11.0. The Kier molecular flexibility index (Phi) is 4.74. The Morgan fingerprint density at radius 3 is 2.95 bits per heavy atom. The number of methoxy groups -OCH3 is 1. The van der Waals surface area contributed by atoms with Crippen LogP contribution in [0.15, 0.2) is 18.5 Å². The Morgan fingerprint density at radius 2 is 2.26 bits per heavy atom. The minimum atomic E-state index is -0.344. The standard InChI is InChI=1S/C14H21N3O2/c1-16-7-5-12(6-8-16)10-17-11-13(9-15-17)3-4-14(18)19-2/h3-4,9,11-12H,5-8,10H2,1-2H3/b4-3+. The van der Waals surface area contributed by atoms with E-state index in [1.165, 1.54) is 39.1 Å². The normalized spacial score (nSPS) is 18.0. The summed E-state index contributed by atoms with van der Waals surface area (Å²) in [6.07, 6.45) is 9.33. The van der Waals surface area contributed by atoms with Gasteiger partial charge in [0.1, 0.15) is 0 Å². The molecule has 0 amide bonds. The molecule has 0 aromatic carbocycles. The molecule has 1 saturated heterocycles. The first-order valence-electron chi connectivity index (χ1n) is 6.64. The lowest BCUT2D eigenvalue weighted by Gasteiger charge is -2.28. The number of aromatic nitrogens is 2. The van der Waals surface area contributed by atoms with Crippen molar-refractivity contribution in [3.63, 3.8) is 0 Å². The Labute approximate surface area is 113 Å². The van der Waals surface area contributed by atoms with Gasteiger partial charge in [-0.05, 0) is 45.0 Å². The number of likely N-dealkylation sites (tertiary alicyclic amines) is 1. The van der Waals surface area contributed by atoms with Crippen LogP contribution in [0.25, 0.3) is 6.08 Å². The molecular formula is C14H21N3O2. The molecule has 1 aliphatic heterocycles. The van der Waals surface area contributed by atoms with Crippen molar-refractivity contribution in [2.45, 2.75) is 19.4 Å². The lowest BCUT2D eigenvalue weighted by molar-refractivity contribution is -0.134. The molecule has 0 N–H and O–H groups in total. The van der Waals surface area contributed by atoms with Crippen LogP contribution in [0, 0.1) is 5.92 Å². The van der Waals surface area contributed by atoms with E-state index in [9.17, 15) is 4.79 Å². The molecule has 2 rings (SSSR count). The molecule has 1 fully saturated rings. The second-order valence-electron chi connectivity index (χ2n) is 5.10. The van der Waals surface area contributed by atoms with Crippen LogP contribution in [0.3, 0.4) is 0 Å². The summed E-state index contributed by atoms with van der Waals surface area (Å²) in [5, 5.41) is 4.33. The van der Waals surface area contributed by atoms with E-state index in [1.54, 1.807) is 12.3 Å². The van der Waals surface area contributed by atoms with Crippen LogP contribution in [-0.4, -0.2) is 47.9 Å². The van der Waals surface area contributed by atoms with E-state index in [0.29, 0.717) is 5.92 Å². The zero-order valence-corrected chi connectivity index (χ0v) is 11.6. The van der Waals surface area contributed by atoms with Crippen LogP contribution in [0.4, 0.5) is 0 Å². The predicted octanol–water partition coefficient (Wildman–Crippen LogP) is 1.41. The zero-order chi connectivity index (χ0) is 13.7. The molecule has 2 heterocycles. The summed E-state index contributed by atoms with van der Waals surface area (Å²) in [4.78, 5) is 13.4. The highest BCUT2D eigenvalue weighted by atomic mass is 16.5. The van der Waals surface area contributed by atoms with Crippen molar-refractivity contribution in [2.75, 3.05) is 27.2 Å². The molecule has 0 aliphatic carbocycles. The second kappa shape index (κ2) is 6.52. The number of carbonyl (C=O) groups excluding carboxylic acids is 1. The number of esters is 1. The van der Waals surface area contributed by atoms with E-state index in [0.717, 1.165) is 12.1 Å². The van der Waals surface area contributed by atoms with Crippen molar-refractivity contribution in [3.8, 4) is 0 Å². The molecule has 1 aromatic heterocycles. The molecular weight excluding hydrogens is 242 g/mol. The average molecular weight is 263 g/mol. The third-order valence-corrected chi connectivity index (χ3v) is 3.55. The van der Waals surface area contributed by atoms with Crippen molar-refractivity contribution in [1.29, 1.82) is 0 Å². The first kappa shape index (κ1) is 13.8. The van der Waals surface area contributed by atoms with Crippen LogP contribution in [0.2, 0.25) is 0 Å². The summed E-state index contributed by atoms with van der Waals surface area (Å²) in [5.41, 5.74) is 0.929. The molecule has 1 aliphatic rings. The monoisotopic (exact) mass is 263 g/mol. The highest BCUT2D eigenvalue weighted by Crippen LogP contribution is 2.18. The molecule has 0 bridgehead atoms. The van der Waals surface area contributed by atoms with Gasteiger partial charge in [0.05, 0.1) is 13.3 Å². The van der Waals surface area contributed by atoms with Gasteiger partial charge in [0.2, 0.25) is 0 Å². The van der Waals surface area contributed by atoms with E-state index in [4.69, 9.17) is 0 Å². The molecule has 0 saturated carbocycles. The summed E-state index contributed by atoms with van der Waals surface area (Å²) in [7, 11) is 3.54. The van der Waals surface area contributed by atoms with Crippen LogP contribution < -0.4 is 0 Å². The summed E-state index contributed by atoms with van der Waals surface area (Å²) in [5.74, 6) is 0.358. The highest BCUT2D eigenvalue weighted by Gasteiger charge is 2.17. The highest BCUT2D eigenvalue weighted by molar-refractivity contribution is 5.86. The third-order valence-electron chi connectivity index (χ3n) is 3.55. The zero-order valence-electron chi connectivity index (χ0n) is 11.6. The van der Waals surface area contributed by atoms with E-state index in [-0.39, 0.29) is 5.97 Å². The smallest absolute Gasteiger partial charge is 0.330 e. The van der Waals surface area contributed by atoms with Crippen molar-refractivity contribution in [2.24, 2.45) is 5.92 Å². The number of piperidine rings is 1. The van der Waals surface area contributed by atoms with Gasteiger partial charge in [-0.3, -0.25) is 4.68 Å². The molecule has 19 heavy (non-hydrogen) atoms. The predicted molar refractivity (Wildman–Crippen MR) is 73.5 cm³/mol. The maximum absolute atomic E-state index is 11.0. The van der Waals surface area contributed by atoms with E-state index < -0.39 is 0 Å². The summed E-state index contributed by atoms with van der Waals surface area (Å²) < 4.78 is 6.52. The average Bonchev–Trinajstić information content (AvgIpc) is 2.86. The fourth-order valence-electron chi connectivity index (χ4n) is 2.31. The molecule has 5 heteroatoms. The van der Waals surface area contributed by atoms with Gasteiger partial charge < -0.3 is 9.64 Å². The van der Waals surface area contributed by atoms with Gasteiger partial charge in [-0.1, -0.05) is 0 Å². The summed E-state index contributed by atoms with van der Waals surface area (Å²) in [6.45, 7) is 3.29. The van der Waals surface area contributed by atoms with Gasteiger partial charge in [0, 0.05) is 24.4 Å². The number of hydrogen-bond donors (Lipinski definition) is 0. The molecule has 0 radical (unpaired) electrons. The number of hydrogen-bond acceptors (Lipinski definition) is 4. The molecule has 104 valence electrons. The van der Waals surface area contributed by atoms with Gasteiger partial charge in [0.25, 0.3) is 0 Å². The molecule has 0 unspecified atom stereocenters. The first-order valence-corrected chi connectivity index (χ1v) is 6.64. The van der Waals surface area contributed by atoms with E-state index in [2.05, 4.69) is 21.8 Å². The van der Waals surface area contributed by atoms with Gasteiger partial charge in [-0.15, -0.1) is 0 Å². The van der Waals surface area contributed by atoms with Gasteiger partial charge in [-0.25, -0.2) is 4.79 Å². The van der Waals surface area contributed by atoms with Gasteiger partial charge in [-0.2, -0.15) is 5.10 Å². The Hall–Kier alpha value is -1.62. The lowest BCUT2D eigenvalue weighted by atomic mass is 9.97.